The highest BCUT2D eigenvalue weighted by molar-refractivity contribution is 5.04. The zero-order valence-electron chi connectivity index (χ0n) is 9.78. The zero-order valence-corrected chi connectivity index (χ0v) is 9.78. The monoisotopic (exact) mass is 226 g/mol. The van der Waals surface area contributed by atoms with E-state index < -0.39 is 0 Å². The van der Waals surface area contributed by atoms with Gasteiger partial charge < -0.3 is 19.2 Å². The lowest BCUT2D eigenvalue weighted by Gasteiger charge is -2.23. The lowest BCUT2D eigenvalue weighted by Crippen LogP contribution is -2.40. The molecule has 1 atom stereocenters. The van der Waals surface area contributed by atoms with Gasteiger partial charge in [-0.2, -0.15) is 0 Å². The van der Waals surface area contributed by atoms with Gasteiger partial charge in [0.05, 0.1) is 25.0 Å². The minimum Gasteiger partial charge on any atom is -0.443 e. The quantitative estimate of drug-likeness (QED) is 0.822. The number of hydrogen-bond donors (Lipinski definition) is 1. The molecule has 1 aromatic rings. The van der Waals surface area contributed by atoms with Gasteiger partial charge in [-0.25, -0.2) is 4.98 Å². The van der Waals surface area contributed by atoms with Crippen LogP contribution in [0.4, 0.5) is 0 Å². The van der Waals surface area contributed by atoms with Crippen molar-refractivity contribution in [1.29, 1.82) is 0 Å². The normalized spacial score (nSPS) is 21.2. The minimum absolute atomic E-state index is 0.144. The zero-order chi connectivity index (χ0) is 11.4. The van der Waals surface area contributed by atoms with E-state index in [0.29, 0.717) is 19.1 Å². The van der Waals surface area contributed by atoms with Gasteiger partial charge in [-0.1, -0.05) is 0 Å². The van der Waals surface area contributed by atoms with Crippen LogP contribution in [0.15, 0.2) is 4.42 Å². The summed E-state index contributed by atoms with van der Waals surface area (Å²) in [5, 5.41) is 3.25. The lowest BCUT2D eigenvalue weighted by molar-refractivity contribution is -0.0392. The van der Waals surface area contributed by atoms with Gasteiger partial charge in [-0.15, -0.1) is 0 Å². The third-order valence-corrected chi connectivity index (χ3v) is 2.61. The number of nitrogens with zero attached hydrogens (tertiary/aromatic N) is 1. The fourth-order valence-electron chi connectivity index (χ4n) is 1.61. The van der Waals surface area contributed by atoms with E-state index >= 15 is 0 Å². The van der Waals surface area contributed by atoms with Crippen LogP contribution >= 0.6 is 0 Å². The molecule has 1 aliphatic heterocycles. The third kappa shape index (κ3) is 3.04. The first-order chi connectivity index (χ1) is 7.75. The molecule has 90 valence electrons. The third-order valence-electron chi connectivity index (χ3n) is 2.61. The number of oxazole rings is 1. The predicted octanol–water partition coefficient (Wildman–Crippen LogP) is 0.796. The Balaban J connectivity index is 1.71. The first kappa shape index (κ1) is 11.6. The van der Waals surface area contributed by atoms with Crippen LogP contribution in [0.3, 0.4) is 0 Å². The maximum atomic E-state index is 5.51. The summed E-state index contributed by atoms with van der Waals surface area (Å²) in [7, 11) is 0. The van der Waals surface area contributed by atoms with Gasteiger partial charge in [0.1, 0.15) is 12.4 Å². The summed E-state index contributed by atoms with van der Waals surface area (Å²) in [6.45, 7) is 7.35. The molecule has 1 aliphatic rings. The Bertz CT molecular complexity index is 312. The molecule has 0 bridgehead atoms. The second-order valence-corrected chi connectivity index (χ2v) is 3.96. The summed E-state index contributed by atoms with van der Waals surface area (Å²) in [5.41, 5.74) is 0.925. The SMILES string of the molecule is Cc1nc(COCC2CNCCO2)oc1C. The smallest absolute Gasteiger partial charge is 0.220 e. The fourth-order valence-corrected chi connectivity index (χ4v) is 1.61. The average Bonchev–Trinajstić information content (AvgIpc) is 2.60. The second-order valence-electron chi connectivity index (χ2n) is 3.96. The molecule has 1 unspecified atom stereocenters. The summed E-state index contributed by atoms with van der Waals surface area (Å²) in [5.74, 6) is 1.49. The summed E-state index contributed by atoms with van der Waals surface area (Å²) < 4.78 is 16.4. The van der Waals surface area contributed by atoms with Crippen LogP contribution in [0.5, 0.6) is 0 Å². The highest BCUT2D eigenvalue weighted by Crippen LogP contribution is 2.09. The molecule has 1 aromatic heterocycles. The van der Waals surface area contributed by atoms with E-state index in [1.165, 1.54) is 0 Å². The summed E-state index contributed by atoms with van der Waals surface area (Å²) in [6.07, 6.45) is 0.144. The summed E-state index contributed by atoms with van der Waals surface area (Å²) in [4.78, 5) is 4.24. The Labute approximate surface area is 95.1 Å². The number of ether oxygens (including phenoxy) is 2. The van der Waals surface area contributed by atoms with E-state index in [4.69, 9.17) is 13.9 Å². The second kappa shape index (κ2) is 5.43. The average molecular weight is 226 g/mol. The molecule has 0 aliphatic carbocycles. The Morgan fingerprint density at radius 1 is 1.50 bits per heavy atom. The van der Waals surface area contributed by atoms with Crippen molar-refractivity contribution in [2.75, 3.05) is 26.3 Å². The van der Waals surface area contributed by atoms with E-state index in [1.807, 2.05) is 13.8 Å². The largest absolute Gasteiger partial charge is 0.443 e. The van der Waals surface area contributed by atoms with Crippen molar-refractivity contribution < 1.29 is 13.9 Å². The highest BCUT2D eigenvalue weighted by Gasteiger charge is 2.14. The van der Waals surface area contributed by atoms with Gasteiger partial charge in [-0.3, -0.25) is 0 Å². The number of nitrogens with one attached hydrogen (secondary N) is 1. The van der Waals surface area contributed by atoms with Crippen molar-refractivity contribution in [3.8, 4) is 0 Å². The number of hydrogen-bond acceptors (Lipinski definition) is 5. The van der Waals surface area contributed by atoms with E-state index in [1.54, 1.807) is 0 Å². The molecule has 0 spiro atoms. The van der Waals surface area contributed by atoms with Gasteiger partial charge in [0, 0.05) is 13.1 Å². The number of rotatable bonds is 4. The van der Waals surface area contributed by atoms with Crippen LogP contribution in [0, 0.1) is 13.8 Å². The summed E-state index contributed by atoms with van der Waals surface area (Å²) in [6, 6.07) is 0. The molecule has 5 nitrogen and oxygen atoms in total. The van der Waals surface area contributed by atoms with Crippen molar-refractivity contribution in [3.05, 3.63) is 17.3 Å². The molecule has 0 amide bonds. The van der Waals surface area contributed by atoms with Gasteiger partial charge in [0.2, 0.25) is 5.89 Å². The molecular weight excluding hydrogens is 208 g/mol. The first-order valence-electron chi connectivity index (χ1n) is 5.58. The van der Waals surface area contributed by atoms with Crippen LogP contribution in [-0.2, 0) is 16.1 Å². The predicted molar refractivity (Wildman–Crippen MR) is 58.2 cm³/mol. The van der Waals surface area contributed by atoms with E-state index in [2.05, 4.69) is 10.3 Å². The molecule has 1 saturated heterocycles. The first-order valence-corrected chi connectivity index (χ1v) is 5.58. The van der Waals surface area contributed by atoms with Gasteiger partial charge in [0.25, 0.3) is 0 Å². The van der Waals surface area contributed by atoms with Gasteiger partial charge in [-0.05, 0) is 13.8 Å². The molecular formula is C11H18N2O3. The molecule has 16 heavy (non-hydrogen) atoms. The molecule has 1 N–H and O–H groups in total. The topological polar surface area (TPSA) is 56.5 Å². The molecule has 0 saturated carbocycles. The number of morpholine rings is 1. The van der Waals surface area contributed by atoms with Crippen molar-refractivity contribution in [2.24, 2.45) is 0 Å². The molecule has 2 heterocycles. The highest BCUT2D eigenvalue weighted by atomic mass is 16.5. The Morgan fingerprint density at radius 3 is 3.00 bits per heavy atom. The summed E-state index contributed by atoms with van der Waals surface area (Å²) >= 11 is 0. The van der Waals surface area contributed by atoms with E-state index in [9.17, 15) is 0 Å². The maximum absolute atomic E-state index is 5.51. The molecule has 2 rings (SSSR count). The molecule has 0 aromatic carbocycles. The van der Waals surface area contributed by atoms with E-state index in [-0.39, 0.29) is 6.10 Å². The molecule has 0 radical (unpaired) electrons. The van der Waals surface area contributed by atoms with Crippen molar-refractivity contribution in [1.82, 2.24) is 10.3 Å². The standard InChI is InChI=1S/C11H18N2O3/c1-8-9(2)16-11(13-8)7-14-6-10-5-12-3-4-15-10/h10,12H,3-7H2,1-2H3. The van der Waals surface area contributed by atoms with Crippen LogP contribution in [-0.4, -0.2) is 37.4 Å². The van der Waals surface area contributed by atoms with Crippen molar-refractivity contribution >= 4 is 0 Å². The van der Waals surface area contributed by atoms with Crippen molar-refractivity contribution in [3.63, 3.8) is 0 Å². The molecule has 5 heteroatoms. The lowest BCUT2D eigenvalue weighted by atomic mass is 10.3. The molecule has 1 fully saturated rings. The Hall–Kier alpha value is -0.910. The van der Waals surface area contributed by atoms with Crippen LogP contribution in [0.1, 0.15) is 17.3 Å². The Kier molecular flexibility index (Phi) is 3.93. The minimum atomic E-state index is 0.144. The number of aromatic nitrogens is 1. The van der Waals surface area contributed by atoms with Crippen LogP contribution in [0.2, 0.25) is 0 Å². The maximum Gasteiger partial charge on any atom is 0.220 e. The fraction of sp³-hybridized carbons (Fsp3) is 0.727. The van der Waals surface area contributed by atoms with E-state index in [0.717, 1.165) is 31.2 Å². The number of aryl methyl sites for hydroxylation is 2. The Morgan fingerprint density at radius 2 is 2.38 bits per heavy atom. The van der Waals surface area contributed by atoms with Crippen molar-refractivity contribution in [2.45, 2.75) is 26.6 Å². The van der Waals surface area contributed by atoms with Crippen LogP contribution in [0.25, 0.3) is 0 Å². The van der Waals surface area contributed by atoms with Gasteiger partial charge in [0.15, 0.2) is 0 Å². The van der Waals surface area contributed by atoms with Crippen LogP contribution < -0.4 is 5.32 Å². The van der Waals surface area contributed by atoms with Gasteiger partial charge >= 0.3 is 0 Å².